The van der Waals surface area contributed by atoms with Gasteiger partial charge in [0.2, 0.25) is 0 Å². The lowest BCUT2D eigenvalue weighted by Gasteiger charge is -2.29. The fourth-order valence-corrected chi connectivity index (χ4v) is 3.61. The molecular weight excluding hydrogens is 406 g/mol. The molecule has 9 heteroatoms. The van der Waals surface area contributed by atoms with Crippen molar-refractivity contribution in [2.24, 2.45) is 0 Å². The van der Waals surface area contributed by atoms with E-state index in [2.05, 4.69) is 25.6 Å². The van der Waals surface area contributed by atoms with Gasteiger partial charge in [-0.3, -0.25) is 9.78 Å². The summed E-state index contributed by atoms with van der Waals surface area (Å²) in [5, 5.41) is 30.3. The first-order valence-electron chi connectivity index (χ1n) is 10.4. The largest absolute Gasteiger partial charge is 0.384 e. The molecule has 164 valence electrons. The SMILES string of the molecule is CC(C)(O)c1nn(-c2ccc(N3CCNCC3)cc2)cc1NC(=O)c1cncc(C#N)c1. The number of hydrogen-bond donors (Lipinski definition) is 3. The van der Waals surface area contributed by atoms with Crippen LogP contribution in [-0.2, 0) is 5.60 Å². The monoisotopic (exact) mass is 431 g/mol. The molecule has 0 unspecified atom stereocenters. The molecule has 1 aliphatic rings. The number of benzene rings is 1. The van der Waals surface area contributed by atoms with E-state index in [1.807, 2.05) is 30.3 Å². The first-order chi connectivity index (χ1) is 15.3. The number of pyridine rings is 1. The second-order valence-electron chi connectivity index (χ2n) is 8.18. The van der Waals surface area contributed by atoms with Crippen molar-refractivity contribution >= 4 is 17.3 Å². The maximum atomic E-state index is 12.7. The molecule has 4 rings (SSSR count). The molecule has 32 heavy (non-hydrogen) atoms. The van der Waals surface area contributed by atoms with Crippen LogP contribution in [-0.4, -0.2) is 52.0 Å². The highest BCUT2D eigenvalue weighted by atomic mass is 16.3. The minimum atomic E-state index is -1.28. The van der Waals surface area contributed by atoms with Crippen LogP contribution in [0.3, 0.4) is 0 Å². The number of nitrogens with zero attached hydrogens (tertiary/aromatic N) is 5. The van der Waals surface area contributed by atoms with Crippen LogP contribution in [0, 0.1) is 11.3 Å². The van der Waals surface area contributed by atoms with Crippen molar-refractivity contribution in [3.8, 4) is 11.8 Å². The number of aromatic nitrogens is 3. The van der Waals surface area contributed by atoms with Crippen molar-refractivity contribution in [2.45, 2.75) is 19.4 Å². The van der Waals surface area contributed by atoms with Crippen LogP contribution < -0.4 is 15.5 Å². The van der Waals surface area contributed by atoms with Gasteiger partial charge in [-0.05, 0) is 44.2 Å². The summed E-state index contributed by atoms with van der Waals surface area (Å²) in [4.78, 5) is 19.0. The summed E-state index contributed by atoms with van der Waals surface area (Å²) < 4.78 is 1.63. The summed E-state index contributed by atoms with van der Waals surface area (Å²) in [6.45, 7) is 7.07. The first-order valence-corrected chi connectivity index (χ1v) is 10.4. The Kier molecular flexibility index (Phi) is 5.90. The number of amides is 1. The number of aliphatic hydroxyl groups is 1. The lowest BCUT2D eigenvalue weighted by molar-refractivity contribution is 0.0741. The minimum Gasteiger partial charge on any atom is -0.384 e. The zero-order valence-electron chi connectivity index (χ0n) is 18.0. The summed E-state index contributed by atoms with van der Waals surface area (Å²) in [7, 11) is 0. The van der Waals surface area contributed by atoms with Gasteiger partial charge in [0.25, 0.3) is 5.91 Å². The Hall–Kier alpha value is -3.74. The molecular formula is C23H25N7O2. The molecule has 3 heterocycles. The molecule has 9 nitrogen and oxygen atoms in total. The smallest absolute Gasteiger partial charge is 0.257 e. The van der Waals surface area contributed by atoms with Crippen molar-refractivity contribution in [2.75, 3.05) is 36.4 Å². The van der Waals surface area contributed by atoms with Gasteiger partial charge in [0.15, 0.2) is 0 Å². The van der Waals surface area contributed by atoms with E-state index in [9.17, 15) is 9.90 Å². The van der Waals surface area contributed by atoms with E-state index in [1.54, 1.807) is 24.7 Å². The Morgan fingerprint density at radius 1 is 1.19 bits per heavy atom. The molecule has 0 atom stereocenters. The highest BCUT2D eigenvalue weighted by Crippen LogP contribution is 2.28. The average molecular weight is 432 g/mol. The minimum absolute atomic E-state index is 0.249. The van der Waals surface area contributed by atoms with E-state index in [1.165, 1.54) is 18.5 Å². The van der Waals surface area contributed by atoms with Crippen LogP contribution in [0.5, 0.6) is 0 Å². The second-order valence-corrected chi connectivity index (χ2v) is 8.18. The zero-order valence-corrected chi connectivity index (χ0v) is 18.0. The maximum Gasteiger partial charge on any atom is 0.257 e. The Morgan fingerprint density at radius 2 is 1.88 bits per heavy atom. The number of carbonyl (C=O) groups excluding carboxylic acids is 1. The Balaban J connectivity index is 1.61. The number of nitriles is 1. The van der Waals surface area contributed by atoms with Gasteiger partial charge >= 0.3 is 0 Å². The highest BCUT2D eigenvalue weighted by molar-refractivity contribution is 6.04. The summed E-state index contributed by atoms with van der Waals surface area (Å²) in [5.41, 5.74) is 1.94. The number of nitrogens with one attached hydrogen (secondary N) is 2. The Morgan fingerprint density at radius 3 is 2.53 bits per heavy atom. The molecule has 1 saturated heterocycles. The molecule has 0 radical (unpaired) electrons. The predicted molar refractivity (Wildman–Crippen MR) is 121 cm³/mol. The molecule has 1 aromatic carbocycles. The van der Waals surface area contributed by atoms with Crippen molar-refractivity contribution in [1.29, 1.82) is 5.26 Å². The molecule has 1 amide bonds. The molecule has 0 aliphatic carbocycles. The van der Waals surface area contributed by atoms with E-state index >= 15 is 0 Å². The third kappa shape index (κ3) is 4.61. The van der Waals surface area contributed by atoms with Gasteiger partial charge in [-0.15, -0.1) is 0 Å². The fraction of sp³-hybridized carbons (Fsp3) is 0.304. The van der Waals surface area contributed by atoms with E-state index in [0.29, 0.717) is 16.9 Å². The topological polar surface area (TPSA) is 119 Å². The van der Waals surface area contributed by atoms with Gasteiger partial charge < -0.3 is 20.6 Å². The van der Waals surface area contributed by atoms with E-state index in [0.717, 1.165) is 37.6 Å². The van der Waals surface area contributed by atoms with Crippen LogP contribution in [0.4, 0.5) is 11.4 Å². The lowest BCUT2D eigenvalue weighted by atomic mass is 10.0. The quantitative estimate of drug-likeness (QED) is 0.565. The standard InChI is InChI=1S/C23H25N7O2/c1-23(2,32)21-20(27-22(31)17-11-16(12-24)13-26-14-17)15-30(28-21)19-5-3-18(4-6-19)29-9-7-25-8-10-29/h3-6,11,13-15,25,32H,7-10H2,1-2H3,(H,27,31). The third-order valence-corrected chi connectivity index (χ3v) is 5.27. The molecule has 2 aromatic heterocycles. The molecule has 3 N–H and O–H groups in total. The number of piperazine rings is 1. The zero-order chi connectivity index (χ0) is 22.7. The number of anilines is 2. The van der Waals surface area contributed by atoms with Crippen molar-refractivity contribution < 1.29 is 9.90 Å². The first kappa shape index (κ1) is 21.5. The van der Waals surface area contributed by atoms with E-state index in [-0.39, 0.29) is 5.56 Å². The Bertz CT molecular complexity index is 1150. The van der Waals surface area contributed by atoms with Crippen LogP contribution >= 0.6 is 0 Å². The predicted octanol–water partition coefficient (Wildman–Crippen LogP) is 2.03. The third-order valence-electron chi connectivity index (χ3n) is 5.27. The van der Waals surface area contributed by atoms with Crippen molar-refractivity contribution in [1.82, 2.24) is 20.1 Å². The number of carbonyl (C=O) groups is 1. The second kappa shape index (κ2) is 8.78. The van der Waals surface area contributed by atoms with E-state index < -0.39 is 11.5 Å². The van der Waals surface area contributed by atoms with Gasteiger partial charge in [0, 0.05) is 44.3 Å². The molecule has 1 aliphatic heterocycles. The number of rotatable bonds is 5. The van der Waals surface area contributed by atoms with Gasteiger partial charge in [0.1, 0.15) is 17.4 Å². The Labute approximate surface area is 186 Å². The van der Waals surface area contributed by atoms with Crippen LogP contribution in [0.1, 0.15) is 35.5 Å². The molecule has 3 aromatic rings. The normalized spacial score (nSPS) is 14.1. The fourth-order valence-electron chi connectivity index (χ4n) is 3.61. The van der Waals surface area contributed by atoms with Gasteiger partial charge in [-0.1, -0.05) is 0 Å². The lowest BCUT2D eigenvalue weighted by Crippen LogP contribution is -2.43. The summed E-state index contributed by atoms with van der Waals surface area (Å²) in [5.74, 6) is -0.436. The molecule has 0 saturated carbocycles. The summed E-state index contributed by atoms with van der Waals surface area (Å²) >= 11 is 0. The molecule has 1 fully saturated rings. The molecule has 0 spiro atoms. The molecule has 0 bridgehead atoms. The summed E-state index contributed by atoms with van der Waals surface area (Å²) in [6.07, 6.45) is 4.45. The average Bonchev–Trinajstić information content (AvgIpc) is 3.24. The number of hydrogen-bond acceptors (Lipinski definition) is 7. The van der Waals surface area contributed by atoms with Gasteiger partial charge in [-0.2, -0.15) is 10.4 Å². The maximum absolute atomic E-state index is 12.7. The van der Waals surface area contributed by atoms with Gasteiger partial charge in [-0.25, -0.2) is 4.68 Å². The van der Waals surface area contributed by atoms with Crippen LogP contribution in [0.25, 0.3) is 5.69 Å². The van der Waals surface area contributed by atoms with Crippen LogP contribution in [0.2, 0.25) is 0 Å². The highest BCUT2D eigenvalue weighted by Gasteiger charge is 2.26. The van der Waals surface area contributed by atoms with Crippen molar-refractivity contribution in [3.05, 3.63) is 65.7 Å². The van der Waals surface area contributed by atoms with E-state index in [4.69, 9.17) is 5.26 Å². The van der Waals surface area contributed by atoms with Crippen LogP contribution in [0.15, 0.2) is 48.9 Å². The van der Waals surface area contributed by atoms with Crippen molar-refractivity contribution in [3.63, 3.8) is 0 Å². The van der Waals surface area contributed by atoms with Gasteiger partial charge in [0.05, 0.1) is 28.7 Å². The summed E-state index contributed by atoms with van der Waals surface area (Å²) in [6, 6.07) is 11.4.